The summed E-state index contributed by atoms with van der Waals surface area (Å²) in [5.41, 5.74) is 1.34. The molecule has 1 saturated carbocycles. The summed E-state index contributed by atoms with van der Waals surface area (Å²) in [6.45, 7) is 1.08. The summed E-state index contributed by atoms with van der Waals surface area (Å²) < 4.78 is 5.27. The zero-order chi connectivity index (χ0) is 17.2. The molecule has 132 valence electrons. The van der Waals surface area contributed by atoms with Crippen LogP contribution >= 0.6 is 0 Å². The van der Waals surface area contributed by atoms with E-state index in [1.165, 1.54) is 0 Å². The smallest absolute Gasteiger partial charge is 0.256 e. The van der Waals surface area contributed by atoms with Crippen molar-refractivity contribution in [2.24, 2.45) is 0 Å². The molecule has 0 radical (unpaired) electrons. The number of aromatic nitrogens is 2. The van der Waals surface area contributed by atoms with E-state index in [1.54, 1.807) is 11.0 Å². The molecule has 1 aromatic carbocycles. The van der Waals surface area contributed by atoms with Crippen LogP contribution in [0.15, 0.2) is 28.8 Å². The van der Waals surface area contributed by atoms with Crippen LogP contribution in [0, 0.1) is 0 Å². The Balaban J connectivity index is 1.47. The number of nitrogens with one attached hydrogen (secondary N) is 1. The fraction of sp³-hybridized carbons (Fsp3) is 0.500. The van der Waals surface area contributed by atoms with Crippen molar-refractivity contribution in [3.63, 3.8) is 0 Å². The van der Waals surface area contributed by atoms with E-state index in [0.717, 1.165) is 37.2 Å². The van der Waals surface area contributed by atoms with Crippen LogP contribution in [0.3, 0.4) is 0 Å². The van der Waals surface area contributed by atoms with Crippen LogP contribution in [0.2, 0.25) is 0 Å². The summed E-state index contributed by atoms with van der Waals surface area (Å²) >= 11 is 0. The number of carbonyl (C=O) groups excluding carboxylic acids is 1. The topological polar surface area (TPSA) is 91.5 Å². The number of para-hydroxylation sites is 1. The maximum atomic E-state index is 12.9. The fourth-order valence-corrected chi connectivity index (χ4v) is 3.29. The molecule has 2 fully saturated rings. The van der Waals surface area contributed by atoms with Gasteiger partial charge in [0, 0.05) is 18.2 Å². The SMILES string of the molecule is O=C(c1ccccc1NCc1nc(C2CC2)no1)N1CCC[C@@H]1CO. The van der Waals surface area contributed by atoms with Crippen LogP contribution in [0.5, 0.6) is 0 Å². The van der Waals surface area contributed by atoms with E-state index in [1.807, 2.05) is 18.2 Å². The molecule has 1 saturated heterocycles. The predicted octanol–water partition coefficient (Wildman–Crippen LogP) is 2.16. The largest absolute Gasteiger partial charge is 0.394 e. The van der Waals surface area contributed by atoms with Gasteiger partial charge in [0.05, 0.1) is 24.8 Å². The molecule has 2 aromatic rings. The van der Waals surface area contributed by atoms with E-state index < -0.39 is 0 Å². The maximum absolute atomic E-state index is 12.9. The van der Waals surface area contributed by atoms with Crippen molar-refractivity contribution in [1.82, 2.24) is 15.0 Å². The van der Waals surface area contributed by atoms with Gasteiger partial charge in [-0.3, -0.25) is 4.79 Å². The molecule has 25 heavy (non-hydrogen) atoms. The Labute approximate surface area is 146 Å². The highest BCUT2D eigenvalue weighted by Crippen LogP contribution is 2.38. The first kappa shape index (κ1) is 16.1. The van der Waals surface area contributed by atoms with Crippen LogP contribution in [0.4, 0.5) is 5.69 Å². The van der Waals surface area contributed by atoms with E-state index in [-0.39, 0.29) is 18.6 Å². The molecule has 1 atom stereocenters. The van der Waals surface area contributed by atoms with E-state index >= 15 is 0 Å². The quantitative estimate of drug-likeness (QED) is 0.836. The summed E-state index contributed by atoms with van der Waals surface area (Å²) in [7, 11) is 0. The molecule has 1 amide bonds. The van der Waals surface area contributed by atoms with Crippen LogP contribution in [-0.2, 0) is 6.54 Å². The van der Waals surface area contributed by atoms with Gasteiger partial charge in [-0.05, 0) is 37.8 Å². The van der Waals surface area contributed by atoms with Crippen molar-refractivity contribution >= 4 is 11.6 Å². The van der Waals surface area contributed by atoms with Gasteiger partial charge < -0.3 is 19.8 Å². The van der Waals surface area contributed by atoms with Gasteiger partial charge in [-0.1, -0.05) is 17.3 Å². The standard InChI is InChI=1S/C18H22N4O3/c23-11-13-4-3-9-22(13)18(24)14-5-1-2-6-15(14)19-10-16-20-17(21-25-16)12-7-8-12/h1-2,5-6,12-13,19,23H,3-4,7-11H2/t13-/m1/s1. The number of aliphatic hydroxyl groups is 1. The van der Waals surface area contributed by atoms with Gasteiger partial charge in [0.1, 0.15) is 0 Å². The summed E-state index contributed by atoms with van der Waals surface area (Å²) in [5, 5.41) is 16.7. The maximum Gasteiger partial charge on any atom is 0.256 e. The lowest BCUT2D eigenvalue weighted by Gasteiger charge is -2.24. The molecule has 1 aromatic heterocycles. The van der Waals surface area contributed by atoms with Gasteiger partial charge >= 0.3 is 0 Å². The minimum absolute atomic E-state index is 0.00721. The number of rotatable bonds is 6. The Bertz CT molecular complexity index is 756. The lowest BCUT2D eigenvalue weighted by Crippen LogP contribution is -2.37. The summed E-state index contributed by atoms with van der Waals surface area (Å²) in [5.74, 6) is 1.71. The Morgan fingerprint density at radius 2 is 2.16 bits per heavy atom. The number of likely N-dealkylation sites (tertiary alicyclic amines) is 1. The number of hydrogen-bond acceptors (Lipinski definition) is 6. The Morgan fingerprint density at radius 3 is 2.96 bits per heavy atom. The van der Waals surface area contributed by atoms with Gasteiger partial charge in [0.15, 0.2) is 5.82 Å². The monoisotopic (exact) mass is 342 g/mol. The Morgan fingerprint density at radius 1 is 1.32 bits per heavy atom. The molecule has 7 heteroatoms. The van der Waals surface area contributed by atoms with Crippen molar-refractivity contribution in [3.8, 4) is 0 Å². The first-order valence-corrected chi connectivity index (χ1v) is 8.83. The molecule has 4 rings (SSSR count). The second kappa shape index (κ2) is 6.84. The summed E-state index contributed by atoms with van der Waals surface area (Å²) in [6.07, 6.45) is 4.04. The van der Waals surface area contributed by atoms with Gasteiger partial charge in [-0.15, -0.1) is 0 Å². The normalized spacial score (nSPS) is 20.0. The van der Waals surface area contributed by atoms with Crippen molar-refractivity contribution in [3.05, 3.63) is 41.5 Å². The number of anilines is 1. The Kier molecular flexibility index (Phi) is 4.40. The zero-order valence-electron chi connectivity index (χ0n) is 14.0. The fourth-order valence-electron chi connectivity index (χ4n) is 3.29. The second-order valence-electron chi connectivity index (χ2n) is 6.70. The number of amides is 1. The molecule has 0 unspecified atom stereocenters. The summed E-state index contributed by atoms with van der Waals surface area (Å²) in [6, 6.07) is 7.32. The Hall–Kier alpha value is -2.41. The van der Waals surface area contributed by atoms with Crippen LogP contribution < -0.4 is 5.32 Å². The van der Waals surface area contributed by atoms with Crippen molar-refractivity contribution in [1.29, 1.82) is 0 Å². The highest BCUT2D eigenvalue weighted by Gasteiger charge is 2.30. The molecule has 2 heterocycles. The predicted molar refractivity (Wildman–Crippen MR) is 91.2 cm³/mol. The van der Waals surface area contributed by atoms with Crippen molar-refractivity contribution < 1.29 is 14.4 Å². The van der Waals surface area contributed by atoms with Gasteiger partial charge in [-0.25, -0.2) is 0 Å². The molecule has 7 nitrogen and oxygen atoms in total. The minimum Gasteiger partial charge on any atom is -0.394 e. The lowest BCUT2D eigenvalue weighted by atomic mass is 10.1. The molecular weight excluding hydrogens is 320 g/mol. The third-order valence-corrected chi connectivity index (χ3v) is 4.86. The highest BCUT2D eigenvalue weighted by molar-refractivity contribution is 5.99. The van der Waals surface area contributed by atoms with Gasteiger partial charge in [-0.2, -0.15) is 4.98 Å². The highest BCUT2D eigenvalue weighted by atomic mass is 16.5. The molecule has 0 spiro atoms. The number of benzene rings is 1. The number of hydrogen-bond donors (Lipinski definition) is 2. The van der Waals surface area contributed by atoms with Crippen molar-refractivity contribution in [2.75, 3.05) is 18.5 Å². The van der Waals surface area contributed by atoms with Crippen LogP contribution in [0.25, 0.3) is 0 Å². The lowest BCUT2D eigenvalue weighted by molar-refractivity contribution is 0.0678. The summed E-state index contributed by atoms with van der Waals surface area (Å²) in [4.78, 5) is 19.0. The second-order valence-corrected chi connectivity index (χ2v) is 6.70. The molecule has 1 aliphatic heterocycles. The van der Waals surface area contributed by atoms with E-state index in [9.17, 15) is 9.90 Å². The zero-order valence-corrected chi connectivity index (χ0v) is 14.0. The molecule has 0 bridgehead atoms. The van der Waals surface area contributed by atoms with Crippen LogP contribution in [-0.4, -0.2) is 45.2 Å². The average molecular weight is 342 g/mol. The molecule has 1 aliphatic carbocycles. The average Bonchev–Trinajstić information content (AvgIpc) is 3.20. The van der Waals surface area contributed by atoms with E-state index in [4.69, 9.17) is 4.52 Å². The van der Waals surface area contributed by atoms with Crippen LogP contribution in [0.1, 0.15) is 53.7 Å². The first-order valence-electron chi connectivity index (χ1n) is 8.83. The van der Waals surface area contributed by atoms with E-state index in [2.05, 4.69) is 15.5 Å². The third kappa shape index (κ3) is 3.37. The number of aliphatic hydroxyl groups excluding tert-OH is 1. The molecular formula is C18H22N4O3. The van der Waals surface area contributed by atoms with Crippen molar-refractivity contribution in [2.45, 2.75) is 44.2 Å². The third-order valence-electron chi connectivity index (χ3n) is 4.86. The van der Waals surface area contributed by atoms with Gasteiger partial charge in [0.25, 0.3) is 5.91 Å². The molecule has 2 aliphatic rings. The first-order chi connectivity index (χ1) is 12.3. The van der Waals surface area contributed by atoms with E-state index in [0.29, 0.717) is 30.5 Å². The molecule has 2 N–H and O–H groups in total. The number of nitrogens with zero attached hydrogens (tertiary/aromatic N) is 3. The van der Waals surface area contributed by atoms with Gasteiger partial charge in [0.2, 0.25) is 5.89 Å². The number of carbonyl (C=O) groups is 1. The minimum atomic E-state index is -0.0856.